The van der Waals surface area contributed by atoms with Crippen LogP contribution in [0.2, 0.25) is 10.0 Å². The normalized spacial score (nSPS) is 16.0. The summed E-state index contributed by atoms with van der Waals surface area (Å²) in [4.78, 5) is 12.8. The summed E-state index contributed by atoms with van der Waals surface area (Å²) in [6.07, 6.45) is 1.20. The number of nitrogens with zero attached hydrogens (tertiary/aromatic N) is 3. The number of benzene rings is 2. The summed E-state index contributed by atoms with van der Waals surface area (Å²) in [6, 6.07) is 11.9. The lowest BCUT2D eigenvalue weighted by Crippen LogP contribution is -2.39. The van der Waals surface area contributed by atoms with Gasteiger partial charge in [0, 0.05) is 16.1 Å². The first-order valence-electron chi connectivity index (χ1n) is 8.96. The van der Waals surface area contributed by atoms with Crippen LogP contribution in [0, 0.1) is 34.3 Å². The number of nitrogens with two attached hydrogens (primary N) is 1. The topological polar surface area (TPSA) is 95.6 Å². The van der Waals surface area contributed by atoms with E-state index in [2.05, 4.69) is 0 Å². The molecule has 0 amide bonds. The van der Waals surface area contributed by atoms with Gasteiger partial charge in [-0.15, -0.1) is 0 Å². The van der Waals surface area contributed by atoms with E-state index in [0.29, 0.717) is 11.3 Å². The van der Waals surface area contributed by atoms with E-state index in [-0.39, 0.29) is 48.2 Å². The van der Waals surface area contributed by atoms with E-state index in [1.54, 1.807) is 0 Å². The molecule has 1 aliphatic heterocycles. The molecule has 1 atom stereocenters. The van der Waals surface area contributed by atoms with E-state index in [1.165, 1.54) is 41.0 Å². The third-order valence-electron chi connectivity index (χ3n) is 4.98. The van der Waals surface area contributed by atoms with Crippen LogP contribution in [0.5, 0.6) is 0 Å². The Morgan fingerprint density at radius 1 is 1.03 bits per heavy atom. The maximum absolute atomic E-state index is 14.7. The highest BCUT2D eigenvalue weighted by Crippen LogP contribution is 2.40. The zero-order valence-electron chi connectivity index (χ0n) is 15.9. The molecule has 1 aromatic heterocycles. The Bertz CT molecular complexity index is 1550. The fourth-order valence-corrected chi connectivity index (χ4v) is 5.04. The van der Waals surface area contributed by atoms with E-state index in [4.69, 9.17) is 28.9 Å². The van der Waals surface area contributed by atoms with E-state index >= 15 is 0 Å². The van der Waals surface area contributed by atoms with Gasteiger partial charge < -0.3 is 5.73 Å². The number of nitriles is 2. The Morgan fingerprint density at radius 3 is 2.25 bits per heavy atom. The van der Waals surface area contributed by atoms with Crippen molar-refractivity contribution in [3.8, 4) is 12.1 Å². The number of allylic oxidation sites excluding steroid dienone is 1. The molecule has 0 saturated heterocycles. The van der Waals surface area contributed by atoms with Crippen molar-refractivity contribution in [1.82, 2.24) is 4.57 Å². The van der Waals surface area contributed by atoms with Gasteiger partial charge in [-0.3, -0.25) is 9.36 Å². The predicted octanol–water partition coefficient (Wildman–Crippen LogP) is 3.45. The van der Waals surface area contributed by atoms with E-state index < -0.39 is 22.3 Å². The van der Waals surface area contributed by atoms with Gasteiger partial charge in [-0.05, 0) is 30.3 Å². The molecule has 0 unspecified atom stereocenters. The van der Waals surface area contributed by atoms with Crippen molar-refractivity contribution in [3.05, 3.63) is 94.3 Å². The summed E-state index contributed by atoms with van der Waals surface area (Å²) >= 11 is 12.9. The van der Waals surface area contributed by atoms with Gasteiger partial charge in [0.15, 0.2) is 0 Å². The first-order chi connectivity index (χ1) is 15.3. The molecule has 0 spiro atoms. The highest BCUT2D eigenvalue weighted by Gasteiger charge is 2.35. The van der Waals surface area contributed by atoms with Gasteiger partial charge in [0.2, 0.25) is 0 Å². The number of aromatic nitrogens is 1. The smallest absolute Gasteiger partial charge is 0.258 e. The van der Waals surface area contributed by atoms with Crippen LogP contribution in [0.15, 0.2) is 46.8 Å². The zero-order chi connectivity index (χ0) is 23.2. The highest BCUT2D eigenvalue weighted by molar-refractivity contribution is 7.07. The number of hydrogen-bond donors (Lipinski definition) is 1. The van der Waals surface area contributed by atoms with Crippen LogP contribution in [0.25, 0.3) is 17.5 Å². The summed E-state index contributed by atoms with van der Waals surface area (Å²) in [5.41, 5.74) is 5.85. The molecule has 32 heavy (non-hydrogen) atoms. The van der Waals surface area contributed by atoms with Gasteiger partial charge in [-0.25, -0.2) is 8.78 Å². The van der Waals surface area contributed by atoms with Gasteiger partial charge >= 0.3 is 0 Å². The Kier molecular flexibility index (Phi) is 5.62. The van der Waals surface area contributed by atoms with Crippen LogP contribution in [0.4, 0.5) is 8.78 Å². The minimum absolute atomic E-state index is 0.000535. The van der Waals surface area contributed by atoms with Crippen LogP contribution in [-0.4, -0.2) is 4.57 Å². The maximum atomic E-state index is 14.7. The lowest BCUT2D eigenvalue weighted by atomic mass is 9.84. The third kappa shape index (κ3) is 3.30. The lowest BCUT2D eigenvalue weighted by molar-refractivity contribution is 0.609. The second-order valence-corrected chi connectivity index (χ2v) is 8.48. The van der Waals surface area contributed by atoms with Crippen LogP contribution in [0.1, 0.15) is 17.0 Å². The van der Waals surface area contributed by atoms with Crippen molar-refractivity contribution in [1.29, 1.82) is 10.5 Å². The van der Waals surface area contributed by atoms with Gasteiger partial charge in [0.05, 0.1) is 34.2 Å². The Morgan fingerprint density at radius 2 is 1.66 bits per heavy atom. The molecule has 2 aromatic carbocycles. The number of fused-ring (bicyclic) bond motifs is 1. The van der Waals surface area contributed by atoms with Crippen LogP contribution in [-0.2, 0) is 0 Å². The Balaban J connectivity index is 2.17. The van der Waals surface area contributed by atoms with Gasteiger partial charge in [0.25, 0.3) is 4.74 Å². The molecule has 4 rings (SSSR count). The molecular formula is C22H10Cl2F2N4OS. The molecule has 3 aromatic rings. The Labute approximate surface area is 193 Å². The average molecular weight is 487 g/mol. The molecule has 1 aliphatic rings. The van der Waals surface area contributed by atoms with E-state index in [9.17, 15) is 24.1 Å². The zero-order valence-corrected chi connectivity index (χ0v) is 18.2. The standard InChI is InChI=1S/C22H10Cl2F2N4OS/c23-13-3-1-5-15(25)10(13)7-17-22(31)32-21-12(9-28)18(11(8-27)20(29)30(17)21)19-14(24)4-2-6-16(19)26/h1-7,18H,29H2/b17-7-/t18-/m0/s1. The van der Waals surface area contributed by atoms with Crippen molar-refractivity contribution < 1.29 is 8.78 Å². The molecule has 0 aliphatic carbocycles. The summed E-state index contributed by atoms with van der Waals surface area (Å²) in [6.45, 7) is 0. The molecule has 0 radical (unpaired) electrons. The molecule has 2 heterocycles. The van der Waals surface area contributed by atoms with Gasteiger partial charge in [-0.1, -0.05) is 46.7 Å². The first-order valence-corrected chi connectivity index (χ1v) is 10.5. The van der Waals surface area contributed by atoms with Gasteiger partial charge in [-0.2, -0.15) is 10.5 Å². The fraction of sp³-hybridized carbons (Fsp3) is 0.0455. The van der Waals surface area contributed by atoms with Crippen molar-refractivity contribution in [2.45, 2.75) is 5.92 Å². The highest BCUT2D eigenvalue weighted by atomic mass is 35.5. The minimum atomic E-state index is -1.21. The summed E-state index contributed by atoms with van der Waals surface area (Å²) in [5, 5.41) is 19.7. The molecule has 0 fully saturated rings. The maximum Gasteiger partial charge on any atom is 0.258 e. The molecule has 0 bridgehead atoms. The molecule has 158 valence electrons. The van der Waals surface area contributed by atoms with Crippen LogP contribution < -0.4 is 20.5 Å². The first kappa shape index (κ1) is 21.8. The minimum Gasteiger partial charge on any atom is -0.384 e. The average Bonchev–Trinajstić information content (AvgIpc) is 3.07. The number of thiazole rings is 1. The third-order valence-corrected chi connectivity index (χ3v) is 6.63. The summed E-state index contributed by atoms with van der Waals surface area (Å²) in [7, 11) is 0. The number of rotatable bonds is 2. The summed E-state index contributed by atoms with van der Waals surface area (Å²) in [5.74, 6) is -2.80. The monoisotopic (exact) mass is 486 g/mol. The second kappa shape index (κ2) is 8.25. The predicted molar refractivity (Wildman–Crippen MR) is 119 cm³/mol. The van der Waals surface area contributed by atoms with Gasteiger partial charge in [0.1, 0.15) is 27.5 Å². The number of hydrogen-bond acceptors (Lipinski definition) is 5. The molecular weight excluding hydrogens is 477 g/mol. The quantitative estimate of drug-likeness (QED) is 0.599. The lowest BCUT2D eigenvalue weighted by Gasteiger charge is -2.24. The number of halogens is 4. The Hall–Kier alpha value is -3.43. The van der Waals surface area contributed by atoms with Crippen molar-refractivity contribution >= 4 is 52.0 Å². The molecule has 2 N–H and O–H groups in total. The summed E-state index contributed by atoms with van der Waals surface area (Å²) < 4.78 is 29.8. The second-order valence-electron chi connectivity index (χ2n) is 6.70. The van der Waals surface area contributed by atoms with Crippen molar-refractivity contribution in [3.63, 3.8) is 0 Å². The van der Waals surface area contributed by atoms with Crippen LogP contribution >= 0.6 is 34.5 Å². The fourth-order valence-electron chi connectivity index (χ4n) is 3.56. The SMILES string of the molecule is N#CC1=C(N)n2c(sc(=O)/c2=C/c2c(F)cccc2Cl)=C(C#N)[C@H]1c1c(F)cccc1Cl. The van der Waals surface area contributed by atoms with E-state index in [1.807, 2.05) is 12.1 Å². The molecule has 5 nitrogen and oxygen atoms in total. The van der Waals surface area contributed by atoms with Crippen molar-refractivity contribution in [2.24, 2.45) is 5.73 Å². The molecule has 0 saturated carbocycles. The van der Waals surface area contributed by atoms with Crippen molar-refractivity contribution in [2.75, 3.05) is 0 Å². The molecule has 10 heteroatoms. The largest absolute Gasteiger partial charge is 0.384 e. The van der Waals surface area contributed by atoms with Crippen LogP contribution in [0.3, 0.4) is 0 Å². The van der Waals surface area contributed by atoms with E-state index in [0.717, 1.165) is 6.07 Å².